The van der Waals surface area contributed by atoms with E-state index in [1.54, 1.807) is 6.07 Å². The normalized spacial score (nSPS) is 25.1. The highest BCUT2D eigenvalue weighted by atomic mass is 16.3. The van der Waals surface area contributed by atoms with Gasteiger partial charge in [0, 0.05) is 11.6 Å². The molecule has 0 bridgehead atoms. The highest BCUT2D eigenvalue weighted by molar-refractivity contribution is 5.45. The molecule has 2 rings (SSSR count). The van der Waals surface area contributed by atoms with Crippen LogP contribution in [0.4, 0.5) is 0 Å². The number of nitrogens with zero attached hydrogens (tertiary/aromatic N) is 1. The Balaban J connectivity index is 2.55. The van der Waals surface area contributed by atoms with E-state index in [-0.39, 0.29) is 6.04 Å². The number of aliphatic hydroxyl groups excluding tert-OH is 1. The number of hydrogen-bond donors (Lipinski definition) is 2. The molecule has 15 heavy (non-hydrogen) atoms. The highest BCUT2D eigenvalue weighted by Crippen LogP contribution is 2.30. The lowest BCUT2D eigenvalue weighted by atomic mass is 9.94. The molecule has 3 N–H and O–H groups in total. The summed E-state index contributed by atoms with van der Waals surface area (Å²) in [6.07, 6.45) is 1.98. The molecule has 0 radical (unpaired) electrons. The van der Waals surface area contributed by atoms with Gasteiger partial charge in [-0.05, 0) is 30.9 Å². The molecule has 1 aromatic carbocycles. The van der Waals surface area contributed by atoms with E-state index in [2.05, 4.69) is 6.07 Å². The summed E-state index contributed by atoms with van der Waals surface area (Å²) < 4.78 is 0. The topological polar surface area (TPSA) is 70.0 Å². The van der Waals surface area contributed by atoms with E-state index >= 15 is 0 Å². The molecule has 0 aromatic heterocycles. The van der Waals surface area contributed by atoms with Crippen LogP contribution in [-0.2, 0) is 6.42 Å². The maximum absolute atomic E-state index is 10.0. The summed E-state index contributed by atoms with van der Waals surface area (Å²) in [7, 11) is 0. The van der Waals surface area contributed by atoms with Gasteiger partial charge in [0.25, 0.3) is 0 Å². The number of hydrogen-bond acceptors (Lipinski definition) is 3. The van der Waals surface area contributed by atoms with Crippen molar-refractivity contribution in [3.63, 3.8) is 0 Å². The van der Waals surface area contributed by atoms with Crippen LogP contribution < -0.4 is 5.73 Å². The fourth-order valence-electron chi connectivity index (χ4n) is 2.18. The van der Waals surface area contributed by atoms with Crippen molar-refractivity contribution in [2.75, 3.05) is 0 Å². The minimum Gasteiger partial charge on any atom is -0.387 e. The highest BCUT2D eigenvalue weighted by Gasteiger charge is 2.25. The van der Waals surface area contributed by atoms with Crippen LogP contribution in [-0.4, -0.2) is 11.1 Å². The molecule has 1 aliphatic carbocycles. The van der Waals surface area contributed by atoms with E-state index in [1.807, 2.05) is 12.1 Å². The molecule has 0 amide bonds. The summed E-state index contributed by atoms with van der Waals surface area (Å²) in [4.78, 5) is 0. The van der Waals surface area contributed by atoms with E-state index < -0.39 is 6.10 Å². The minimum absolute atomic E-state index is 0.249. The van der Waals surface area contributed by atoms with Crippen molar-refractivity contribution in [1.82, 2.24) is 0 Å². The van der Waals surface area contributed by atoms with Gasteiger partial charge in [-0.25, -0.2) is 0 Å². The summed E-state index contributed by atoms with van der Waals surface area (Å²) >= 11 is 0. The molecule has 3 heteroatoms. The van der Waals surface area contributed by atoms with Crippen molar-refractivity contribution >= 4 is 0 Å². The second-order valence-electron chi connectivity index (χ2n) is 3.99. The first-order valence-electron chi connectivity index (χ1n) is 5.19. The molecule has 0 aliphatic heterocycles. The standard InChI is InChI=1S/C12H14N2O/c13-7-9-5-1-3-8-4-2-6-10(14)12(15)11(8)9/h1,3,5,10,12,15H,2,4,6,14H2. The zero-order valence-corrected chi connectivity index (χ0v) is 8.48. The van der Waals surface area contributed by atoms with Crippen molar-refractivity contribution in [1.29, 1.82) is 5.26 Å². The third-order valence-corrected chi connectivity index (χ3v) is 3.00. The van der Waals surface area contributed by atoms with Crippen molar-refractivity contribution < 1.29 is 5.11 Å². The average molecular weight is 202 g/mol. The second-order valence-corrected chi connectivity index (χ2v) is 3.99. The Kier molecular flexibility index (Phi) is 2.72. The van der Waals surface area contributed by atoms with Gasteiger partial charge in [0.2, 0.25) is 0 Å². The third kappa shape index (κ3) is 1.74. The van der Waals surface area contributed by atoms with E-state index in [0.29, 0.717) is 5.56 Å². The van der Waals surface area contributed by atoms with E-state index in [4.69, 9.17) is 11.0 Å². The molecular formula is C12H14N2O. The van der Waals surface area contributed by atoms with Crippen LogP contribution in [0.5, 0.6) is 0 Å². The van der Waals surface area contributed by atoms with Gasteiger partial charge < -0.3 is 10.8 Å². The van der Waals surface area contributed by atoms with Crippen molar-refractivity contribution in [2.24, 2.45) is 5.73 Å². The summed E-state index contributed by atoms with van der Waals surface area (Å²) in [5.74, 6) is 0. The van der Waals surface area contributed by atoms with Gasteiger partial charge in [0.1, 0.15) is 0 Å². The summed E-state index contributed by atoms with van der Waals surface area (Å²) in [5.41, 5.74) is 8.22. The van der Waals surface area contributed by atoms with Crippen molar-refractivity contribution in [3.05, 3.63) is 34.9 Å². The van der Waals surface area contributed by atoms with Crippen LogP contribution in [0.15, 0.2) is 18.2 Å². The first kappa shape index (κ1) is 10.2. The molecular weight excluding hydrogens is 188 g/mol. The zero-order valence-electron chi connectivity index (χ0n) is 8.48. The van der Waals surface area contributed by atoms with E-state index in [9.17, 15) is 5.11 Å². The number of aryl methyl sites for hydroxylation is 1. The first-order valence-corrected chi connectivity index (χ1v) is 5.19. The maximum Gasteiger partial charge on any atom is 0.0995 e. The monoisotopic (exact) mass is 202 g/mol. The molecule has 1 aliphatic rings. The summed E-state index contributed by atoms with van der Waals surface area (Å²) in [6.45, 7) is 0. The molecule has 0 heterocycles. The van der Waals surface area contributed by atoms with Crippen molar-refractivity contribution in [2.45, 2.75) is 31.4 Å². The molecule has 1 aromatic rings. The number of rotatable bonds is 0. The molecule has 0 spiro atoms. The smallest absolute Gasteiger partial charge is 0.0995 e. The number of aliphatic hydroxyl groups is 1. The number of fused-ring (bicyclic) bond motifs is 1. The maximum atomic E-state index is 10.0. The Labute approximate surface area is 89.1 Å². The van der Waals surface area contributed by atoms with Crippen LogP contribution in [0.2, 0.25) is 0 Å². The molecule has 2 unspecified atom stereocenters. The number of benzene rings is 1. The lowest BCUT2D eigenvalue weighted by Crippen LogP contribution is -2.27. The van der Waals surface area contributed by atoms with Gasteiger partial charge in [-0.1, -0.05) is 12.1 Å². The van der Waals surface area contributed by atoms with Crippen LogP contribution in [0.3, 0.4) is 0 Å². The van der Waals surface area contributed by atoms with E-state index in [0.717, 1.165) is 30.4 Å². The van der Waals surface area contributed by atoms with Crippen LogP contribution in [0.1, 0.15) is 35.6 Å². The van der Waals surface area contributed by atoms with Gasteiger partial charge in [0.15, 0.2) is 0 Å². The SMILES string of the molecule is N#Cc1cccc2c1C(O)C(N)CCC2. The Morgan fingerprint density at radius 3 is 3.00 bits per heavy atom. The average Bonchev–Trinajstić information content (AvgIpc) is 2.40. The fourth-order valence-corrected chi connectivity index (χ4v) is 2.18. The third-order valence-electron chi connectivity index (χ3n) is 3.00. The number of nitriles is 1. The zero-order chi connectivity index (χ0) is 10.8. The predicted octanol–water partition coefficient (Wildman–Crippen LogP) is 1.26. The second kappa shape index (κ2) is 4.01. The molecule has 2 atom stereocenters. The van der Waals surface area contributed by atoms with Gasteiger partial charge in [0.05, 0.1) is 17.7 Å². The van der Waals surface area contributed by atoms with Gasteiger partial charge in [-0.2, -0.15) is 5.26 Å². The molecule has 78 valence electrons. The van der Waals surface area contributed by atoms with E-state index in [1.165, 1.54) is 0 Å². The Hall–Kier alpha value is -1.37. The number of nitrogens with two attached hydrogens (primary N) is 1. The Morgan fingerprint density at radius 1 is 1.47 bits per heavy atom. The quantitative estimate of drug-likeness (QED) is 0.622. The lowest BCUT2D eigenvalue weighted by molar-refractivity contribution is 0.144. The Morgan fingerprint density at radius 2 is 2.27 bits per heavy atom. The van der Waals surface area contributed by atoms with Crippen LogP contribution in [0.25, 0.3) is 0 Å². The molecule has 0 saturated carbocycles. The van der Waals surface area contributed by atoms with Crippen LogP contribution >= 0.6 is 0 Å². The minimum atomic E-state index is -0.696. The van der Waals surface area contributed by atoms with Crippen LogP contribution in [0, 0.1) is 11.3 Å². The van der Waals surface area contributed by atoms with Gasteiger partial charge in [-0.15, -0.1) is 0 Å². The van der Waals surface area contributed by atoms with Crippen molar-refractivity contribution in [3.8, 4) is 6.07 Å². The Bertz CT molecular complexity index is 409. The van der Waals surface area contributed by atoms with Gasteiger partial charge in [-0.3, -0.25) is 0 Å². The molecule has 0 fully saturated rings. The largest absolute Gasteiger partial charge is 0.387 e. The predicted molar refractivity (Wildman–Crippen MR) is 57.0 cm³/mol. The first-order chi connectivity index (χ1) is 7.24. The fraction of sp³-hybridized carbons (Fsp3) is 0.417. The summed E-state index contributed by atoms with van der Waals surface area (Å²) in [6, 6.07) is 7.44. The van der Waals surface area contributed by atoms with Gasteiger partial charge >= 0.3 is 0 Å². The lowest BCUT2D eigenvalue weighted by Gasteiger charge is -2.18. The molecule has 0 saturated heterocycles. The summed E-state index contributed by atoms with van der Waals surface area (Å²) in [5, 5.41) is 19.0. The molecule has 3 nitrogen and oxygen atoms in total.